The van der Waals surface area contributed by atoms with E-state index in [1.807, 2.05) is 6.07 Å². The van der Waals surface area contributed by atoms with Crippen molar-refractivity contribution in [2.45, 2.75) is 18.8 Å². The molecule has 0 saturated carbocycles. The Bertz CT molecular complexity index is 939. The molecule has 4 unspecified atom stereocenters. The van der Waals surface area contributed by atoms with Crippen molar-refractivity contribution in [1.82, 2.24) is 0 Å². The van der Waals surface area contributed by atoms with Crippen LogP contribution in [-0.4, -0.2) is 0 Å². The summed E-state index contributed by atoms with van der Waals surface area (Å²) in [5.41, 5.74) is 20.2. The van der Waals surface area contributed by atoms with E-state index < -0.39 is 0 Å². The highest BCUT2D eigenvalue weighted by molar-refractivity contribution is 5.80. The molecule has 0 aliphatic heterocycles. The van der Waals surface area contributed by atoms with Gasteiger partial charge >= 0.3 is 0 Å². The maximum Gasteiger partial charge on any atom is 0.0317 e. The second kappa shape index (κ2) is 5.91. The second-order valence-electron chi connectivity index (χ2n) is 7.77. The van der Waals surface area contributed by atoms with Crippen LogP contribution in [0.3, 0.4) is 0 Å². The standard InChI is InChI=1S/C24H24N2/c25-16-10-11-19-21(12-16)17-8-4-5-9-18(17)23-14-24(26)20(13-22(19)23)15-6-2-1-3-7-15/h1-6,8-12,14-15,17-18,20H,7,13,25-26H2. The van der Waals surface area contributed by atoms with Crippen LogP contribution in [0.4, 0.5) is 5.69 Å². The van der Waals surface area contributed by atoms with Gasteiger partial charge in [0.2, 0.25) is 0 Å². The van der Waals surface area contributed by atoms with Crippen molar-refractivity contribution in [2.24, 2.45) is 23.5 Å². The van der Waals surface area contributed by atoms with Gasteiger partial charge in [-0.15, -0.1) is 0 Å². The first-order valence-corrected chi connectivity index (χ1v) is 9.50. The third-order valence-corrected chi connectivity index (χ3v) is 6.31. The third-order valence-electron chi connectivity index (χ3n) is 6.31. The molecule has 1 aromatic carbocycles. The van der Waals surface area contributed by atoms with Crippen LogP contribution < -0.4 is 11.5 Å². The largest absolute Gasteiger partial charge is 0.402 e. The van der Waals surface area contributed by atoms with E-state index in [1.165, 1.54) is 22.3 Å². The van der Waals surface area contributed by atoms with Gasteiger partial charge < -0.3 is 11.5 Å². The maximum absolute atomic E-state index is 6.59. The molecular formula is C24H24N2. The molecule has 0 radical (unpaired) electrons. The highest BCUT2D eigenvalue weighted by Gasteiger charge is 2.37. The number of hydrogen-bond donors (Lipinski definition) is 2. The van der Waals surface area contributed by atoms with Gasteiger partial charge in [0.1, 0.15) is 0 Å². The van der Waals surface area contributed by atoms with Crippen LogP contribution in [0.2, 0.25) is 0 Å². The smallest absolute Gasteiger partial charge is 0.0317 e. The molecule has 2 heteroatoms. The molecule has 0 saturated heterocycles. The number of rotatable bonds is 1. The average molecular weight is 340 g/mol. The van der Waals surface area contributed by atoms with Gasteiger partial charge in [-0.05, 0) is 59.2 Å². The zero-order chi connectivity index (χ0) is 17.7. The van der Waals surface area contributed by atoms with Crippen molar-refractivity contribution in [3.63, 3.8) is 0 Å². The number of nitrogen functional groups attached to an aromatic ring is 1. The van der Waals surface area contributed by atoms with Crippen LogP contribution in [0, 0.1) is 17.8 Å². The topological polar surface area (TPSA) is 52.0 Å². The molecule has 0 heterocycles. The Balaban J connectivity index is 1.63. The Morgan fingerprint density at radius 1 is 0.885 bits per heavy atom. The van der Waals surface area contributed by atoms with E-state index in [1.54, 1.807) is 0 Å². The minimum atomic E-state index is 0.357. The summed E-state index contributed by atoms with van der Waals surface area (Å²) in [5, 5.41) is 0. The molecule has 5 rings (SSSR count). The predicted molar refractivity (Wildman–Crippen MR) is 109 cm³/mol. The summed E-state index contributed by atoms with van der Waals surface area (Å²) >= 11 is 0. The van der Waals surface area contributed by atoms with Crippen molar-refractivity contribution < 1.29 is 0 Å². The van der Waals surface area contributed by atoms with Gasteiger partial charge in [0.15, 0.2) is 0 Å². The number of nitrogens with two attached hydrogens (primary N) is 2. The molecule has 0 amide bonds. The van der Waals surface area contributed by atoms with Gasteiger partial charge in [-0.25, -0.2) is 0 Å². The summed E-state index contributed by atoms with van der Waals surface area (Å²) in [6.07, 6.45) is 22.1. The summed E-state index contributed by atoms with van der Waals surface area (Å²) < 4.78 is 0. The average Bonchev–Trinajstić information content (AvgIpc) is 2.68. The molecular weight excluding hydrogens is 316 g/mol. The third kappa shape index (κ3) is 2.33. The van der Waals surface area contributed by atoms with Crippen LogP contribution in [-0.2, 0) is 0 Å². The van der Waals surface area contributed by atoms with Gasteiger partial charge in [-0.2, -0.15) is 0 Å². The van der Waals surface area contributed by atoms with Crippen molar-refractivity contribution >= 4 is 11.3 Å². The molecule has 4 N–H and O–H groups in total. The molecule has 0 aromatic heterocycles. The van der Waals surface area contributed by atoms with Crippen LogP contribution in [0.1, 0.15) is 29.9 Å². The minimum Gasteiger partial charge on any atom is -0.402 e. The van der Waals surface area contributed by atoms with Crippen LogP contribution >= 0.6 is 0 Å². The molecule has 130 valence electrons. The lowest BCUT2D eigenvalue weighted by atomic mass is 9.64. The van der Waals surface area contributed by atoms with Crippen molar-refractivity contribution in [1.29, 1.82) is 0 Å². The fraction of sp³-hybridized carbons (Fsp3) is 0.250. The fourth-order valence-corrected chi connectivity index (χ4v) is 5.02. The van der Waals surface area contributed by atoms with Crippen molar-refractivity contribution in [2.75, 3.05) is 5.73 Å². The molecule has 4 aliphatic rings. The van der Waals surface area contributed by atoms with E-state index in [4.69, 9.17) is 11.5 Å². The number of benzene rings is 1. The Labute approximate surface area is 155 Å². The first-order chi connectivity index (χ1) is 12.7. The molecule has 26 heavy (non-hydrogen) atoms. The number of anilines is 1. The van der Waals surface area contributed by atoms with Gasteiger partial charge in [0.05, 0.1) is 0 Å². The Kier molecular flexibility index (Phi) is 3.53. The predicted octanol–water partition coefficient (Wildman–Crippen LogP) is 4.86. The van der Waals surface area contributed by atoms with Gasteiger partial charge in [-0.3, -0.25) is 0 Å². The lowest BCUT2D eigenvalue weighted by Gasteiger charge is -2.40. The maximum atomic E-state index is 6.59. The first-order valence-electron chi connectivity index (χ1n) is 9.50. The summed E-state index contributed by atoms with van der Waals surface area (Å²) in [5.74, 6) is 1.59. The van der Waals surface area contributed by atoms with Crippen LogP contribution in [0.25, 0.3) is 5.57 Å². The normalized spacial score (nSPS) is 31.3. The van der Waals surface area contributed by atoms with E-state index in [9.17, 15) is 0 Å². The summed E-state index contributed by atoms with van der Waals surface area (Å²) in [6, 6.07) is 6.41. The lowest BCUT2D eigenvalue weighted by Crippen LogP contribution is -2.29. The van der Waals surface area contributed by atoms with E-state index >= 15 is 0 Å². The van der Waals surface area contributed by atoms with E-state index in [-0.39, 0.29) is 0 Å². The highest BCUT2D eigenvalue weighted by Crippen LogP contribution is 2.51. The fourth-order valence-electron chi connectivity index (χ4n) is 5.02. The Morgan fingerprint density at radius 3 is 2.50 bits per heavy atom. The zero-order valence-electron chi connectivity index (χ0n) is 14.8. The lowest BCUT2D eigenvalue weighted by molar-refractivity contribution is 0.449. The van der Waals surface area contributed by atoms with Gasteiger partial charge in [-0.1, -0.05) is 54.7 Å². The molecule has 4 atom stereocenters. The highest BCUT2D eigenvalue weighted by atomic mass is 14.6. The van der Waals surface area contributed by atoms with Crippen molar-refractivity contribution in [3.05, 3.63) is 95.3 Å². The molecule has 1 aromatic rings. The molecule has 4 aliphatic carbocycles. The quantitative estimate of drug-likeness (QED) is 0.718. The minimum absolute atomic E-state index is 0.357. The van der Waals surface area contributed by atoms with Crippen LogP contribution in [0.15, 0.2) is 84.2 Å². The molecule has 0 spiro atoms. The van der Waals surface area contributed by atoms with E-state index in [2.05, 4.69) is 66.8 Å². The first kappa shape index (κ1) is 15.5. The van der Waals surface area contributed by atoms with Crippen LogP contribution in [0.5, 0.6) is 0 Å². The Hall–Kier alpha value is -2.74. The SMILES string of the molecule is NC1=CC2=C(CC1C1C=CC=CC1)c1ccc(N)cc1C1C=CC=CC21. The molecule has 2 nitrogen and oxygen atoms in total. The monoisotopic (exact) mass is 340 g/mol. The van der Waals surface area contributed by atoms with Gasteiger partial charge in [0.25, 0.3) is 0 Å². The zero-order valence-corrected chi connectivity index (χ0v) is 14.8. The second-order valence-corrected chi connectivity index (χ2v) is 7.77. The van der Waals surface area contributed by atoms with Crippen molar-refractivity contribution in [3.8, 4) is 0 Å². The van der Waals surface area contributed by atoms with E-state index in [0.29, 0.717) is 23.7 Å². The molecule has 0 fully saturated rings. The summed E-state index contributed by atoms with van der Waals surface area (Å²) in [4.78, 5) is 0. The number of hydrogen-bond acceptors (Lipinski definition) is 2. The summed E-state index contributed by atoms with van der Waals surface area (Å²) in [6.45, 7) is 0. The van der Waals surface area contributed by atoms with Gasteiger partial charge in [0, 0.05) is 29.1 Å². The Morgan fingerprint density at radius 2 is 1.69 bits per heavy atom. The van der Waals surface area contributed by atoms with E-state index in [0.717, 1.165) is 24.2 Å². The summed E-state index contributed by atoms with van der Waals surface area (Å²) in [7, 11) is 0. The molecule has 0 bridgehead atoms. The number of fused-ring (bicyclic) bond motifs is 5. The number of allylic oxidation sites excluding steroid dienone is 12.